The van der Waals surface area contributed by atoms with Crippen LogP contribution in [0.1, 0.15) is 49.6 Å². The van der Waals surface area contributed by atoms with E-state index in [2.05, 4.69) is 27.4 Å². The fourth-order valence-electron chi connectivity index (χ4n) is 3.84. The summed E-state index contributed by atoms with van der Waals surface area (Å²) >= 11 is 1.31. The van der Waals surface area contributed by atoms with Gasteiger partial charge in [0.15, 0.2) is 5.16 Å². The Bertz CT molecular complexity index is 1130. The first-order valence-corrected chi connectivity index (χ1v) is 11.1. The van der Waals surface area contributed by atoms with E-state index in [-0.39, 0.29) is 23.3 Å². The molecule has 0 bridgehead atoms. The maximum absolute atomic E-state index is 13.0. The van der Waals surface area contributed by atoms with Gasteiger partial charge in [-0.1, -0.05) is 24.8 Å². The smallest absolute Gasteiger partial charge is 0.278 e. The highest BCUT2D eigenvalue weighted by molar-refractivity contribution is 7.99. The number of H-pyrrole nitrogens is 1. The zero-order valence-corrected chi connectivity index (χ0v) is 17.9. The standard InChI is InChI=1S/C22H26N4O2S/c1-4-14(3)26-21(28)20-18(10-13(2)23-20)25-22(26)29-12-19(27)24-17-9-8-15-6-5-7-16(15)11-17/h8-11,14,23H,4-7,12H2,1-3H3,(H,24,27). The molecule has 1 aliphatic rings. The monoisotopic (exact) mass is 410 g/mol. The number of benzene rings is 1. The predicted octanol–water partition coefficient (Wildman–Crippen LogP) is 4.22. The van der Waals surface area contributed by atoms with Gasteiger partial charge >= 0.3 is 0 Å². The van der Waals surface area contributed by atoms with Gasteiger partial charge in [-0.3, -0.25) is 14.2 Å². The highest BCUT2D eigenvalue weighted by Crippen LogP contribution is 2.26. The Kier molecular flexibility index (Phi) is 5.50. The number of thioether (sulfide) groups is 1. The second-order valence-electron chi connectivity index (χ2n) is 7.71. The van der Waals surface area contributed by atoms with Crippen molar-refractivity contribution < 1.29 is 4.79 Å². The van der Waals surface area contributed by atoms with Crippen LogP contribution in [0.2, 0.25) is 0 Å². The van der Waals surface area contributed by atoms with E-state index in [4.69, 9.17) is 0 Å². The average Bonchev–Trinajstić information content (AvgIpc) is 3.31. The summed E-state index contributed by atoms with van der Waals surface area (Å²) in [5.41, 5.74) is 5.53. The van der Waals surface area contributed by atoms with Crippen LogP contribution in [0.5, 0.6) is 0 Å². The Labute approximate surface area is 174 Å². The molecule has 1 aromatic carbocycles. The highest BCUT2D eigenvalue weighted by Gasteiger charge is 2.18. The van der Waals surface area contributed by atoms with Gasteiger partial charge in [0, 0.05) is 17.4 Å². The molecule has 0 spiro atoms. The number of hydrogen-bond acceptors (Lipinski definition) is 4. The van der Waals surface area contributed by atoms with Crippen molar-refractivity contribution in [1.29, 1.82) is 0 Å². The number of aromatic amines is 1. The molecule has 0 radical (unpaired) electrons. The number of aryl methyl sites for hydroxylation is 3. The van der Waals surface area contributed by atoms with Crippen LogP contribution in [-0.2, 0) is 17.6 Å². The fraction of sp³-hybridized carbons (Fsp3) is 0.409. The summed E-state index contributed by atoms with van der Waals surface area (Å²) in [6, 6.07) is 8.02. The van der Waals surface area contributed by atoms with E-state index >= 15 is 0 Å². The molecule has 29 heavy (non-hydrogen) atoms. The second kappa shape index (κ2) is 8.06. The molecular formula is C22H26N4O2S. The molecule has 1 amide bonds. The number of carbonyl (C=O) groups excluding carboxylic acids is 1. The molecule has 2 heterocycles. The minimum Gasteiger partial charge on any atom is -0.353 e. The minimum absolute atomic E-state index is 0.00489. The highest BCUT2D eigenvalue weighted by atomic mass is 32.2. The summed E-state index contributed by atoms with van der Waals surface area (Å²) in [5.74, 6) is 0.109. The van der Waals surface area contributed by atoms with E-state index in [9.17, 15) is 9.59 Å². The molecule has 0 saturated carbocycles. The molecule has 4 rings (SSSR count). The van der Waals surface area contributed by atoms with Crippen LogP contribution < -0.4 is 10.9 Å². The van der Waals surface area contributed by atoms with Crippen molar-refractivity contribution in [2.45, 2.75) is 57.7 Å². The molecule has 1 aliphatic carbocycles. The fourth-order valence-corrected chi connectivity index (χ4v) is 4.74. The lowest BCUT2D eigenvalue weighted by Crippen LogP contribution is -2.26. The van der Waals surface area contributed by atoms with Gasteiger partial charge in [-0.25, -0.2) is 4.98 Å². The lowest BCUT2D eigenvalue weighted by Gasteiger charge is -2.17. The van der Waals surface area contributed by atoms with E-state index in [1.807, 2.05) is 32.9 Å². The van der Waals surface area contributed by atoms with Crippen molar-refractivity contribution in [3.63, 3.8) is 0 Å². The normalized spacial score (nSPS) is 14.2. The topological polar surface area (TPSA) is 79.8 Å². The summed E-state index contributed by atoms with van der Waals surface area (Å²) in [5, 5.41) is 3.56. The Morgan fingerprint density at radius 3 is 2.90 bits per heavy atom. The van der Waals surface area contributed by atoms with Gasteiger partial charge in [0.2, 0.25) is 5.91 Å². The summed E-state index contributed by atoms with van der Waals surface area (Å²) in [7, 11) is 0. The number of rotatable bonds is 6. The van der Waals surface area contributed by atoms with Crippen molar-refractivity contribution in [3.8, 4) is 0 Å². The second-order valence-corrected chi connectivity index (χ2v) is 8.66. The Hall–Kier alpha value is -2.54. The quantitative estimate of drug-likeness (QED) is 0.471. The molecular weight excluding hydrogens is 384 g/mol. The average molecular weight is 411 g/mol. The number of amides is 1. The van der Waals surface area contributed by atoms with Crippen LogP contribution in [-0.4, -0.2) is 26.2 Å². The molecule has 2 N–H and O–H groups in total. The molecule has 0 aliphatic heterocycles. The molecule has 152 valence electrons. The van der Waals surface area contributed by atoms with Gasteiger partial charge in [-0.2, -0.15) is 0 Å². The molecule has 6 nitrogen and oxygen atoms in total. The van der Waals surface area contributed by atoms with Crippen molar-refractivity contribution in [2.24, 2.45) is 0 Å². The van der Waals surface area contributed by atoms with Crippen molar-refractivity contribution >= 4 is 34.4 Å². The molecule has 0 saturated heterocycles. The van der Waals surface area contributed by atoms with Gasteiger partial charge in [0.25, 0.3) is 5.56 Å². The number of hydrogen-bond donors (Lipinski definition) is 2. The van der Waals surface area contributed by atoms with Gasteiger partial charge in [0.1, 0.15) is 5.52 Å². The van der Waals surface area contributed by atoms with Crippen LogP contribution in [0.3, 0.4) is 0 Å². The van der Waals surface area contributed by atoms with Gasteiger partial charge in [-0.15, -0.1) is 0 Å². The van der Waals surface area contributed by atoms with Crippen LogP contribution in [0.15, 0.2) is 34.2 Å². The number of carbonyl (C=O) groups is 1. The predicted molar refractivity (Wildman–Crippen MR) is 118 cm³/mol. The van der Waals surface area contributed by atoms with E-state index < -0.39 is 0 Å². The summed E-state index contributed by atoms with van der Waals surface area (Å²) in [4.78, 5) is 33.3. The lowest BCUT2D eigenvalue weighted by atomic mass is 10.1. The first-order chi connectivity index (χ1) is 14.0. The van der Waals surface area contributed by atoms with Crippen molar-refractivity contribution in [2.75, 3.05) is 11.1 Å². The minimum atomic E-state index is -0.0942. The first-order valence-electron chi connectivity index (χ1n) is 10.1. The number of aromatic nitrogens is 3. The lowest BCUT2D eigenvalue weighted by molar-refractivity contribution is -0.113. The number of nitrogens with zero attached hydrogens (tertiary/aromatic N) is 2. The Morgan fingerprint density at radius 2 is 2.10 bits per heavy atom. The summed E-state index contributed by atoms with van der Waals surface area (Å²) in [6.07, 6.45) is 4.19. The van der Waals surface area contributed by atoms with Crippen LogP contribution >= 0.6 is 11.8 Å². The first kappa shape index (κ1) is 19.8. The third kappa shape index (κ3) is 3.96. The third-order valence-corrected chi connectivity index (χ3v) is 6.49. The number of fused-ring (bicyclic) bond motifs is 2. The zero-order chi connectivity index (χ0) is 20.5. The van der Waals surface area contributed by atoms with Crippen LogP contribution in [0.4, 0.5) is 5.69 Å². The van der Waals surface area contributed by atoms with Crippen LogP contribution in [0, 0.1) is 6.92 Å². The molecule has 0 fully saturated rings. The zero-order valence-electron chi connectivity index (χ0n) is 17.0. The van der Waals surface area contributed by atoms with Crippen molar-refractivity contribution in [1.82, 2.24) is 14.5 Å². The molecule has 3 aromatic rings. The van der Waals surface area contributed by atoms with Gasteiger partial charge < -0.3 is 10.3 Å². The van der Waals surface area contributed by atoms with Crippen molar-refractivity contribution in [3.05, 3.63) is 51.4 Å². The maximum Gasteiger partial charge on any atom is 0.278 e. The molecule has 7 heteroatoms. The van der Waals surface area contributed by atoms with Crippen LogP contribution in [0.25, 0.3) is 11.0 Å². The van der Waals surface area contributed by atoms with E-state index in [0.29, 0.717) is 16.2 Å². The molecule has 1 unspecified atom stereocenters. The Balaban J connectivity index is 1.54. The van der Waals surface area contributed by atoms with E-state index in [0.717, 1.165) is 30.6 Å². The molecule has 2 aromatic heterocycles. The Morgan fingerprint density at radius 1 is 1.31 bits per heavy atom. The SMILES string of the molecule is CCC(C)n1c(SCC(=O)Nc2ccc3c(c2)CCC3)nc2cc(C)[nH]c2c1=O. The van der Waals surface area contributed by atoms with E-state index in [1.54, 1.807) is 4.57 Å². The number of nitrogens with one attached hydrogen (secondary N) is 2. The summed E-state index contributed by atoms with van der Waals surface area (Å²) in [6.45, 7) is 5.95. The van der Waals surface area contributed by atoms with Gasteiger partial charge in [0.05, 0.1) is 11.3 Å². The maximum atomic E-state index is 13.0. The largest absolute Gasteiger partial charge is 0.353 e. The van der Waals surface area contributed by atoms with Gasteiger partial charge in [-0.05, 0) is 68.9 Å². The summed E-state index contributed by atoms with van der Waals surface area (Å²) < 4.78 is 1.70. The third-order valence-electron chi connectivity index (χ3n) is 5.53. The van der Waals surface area contributed by atoms with E-state index in [1.165, 1.54) is 29.3 Å². The number of anilines is 1. The molecule has 1 atom stereocenters.